The van der Waals surface area contributed by atoms with Crippen molar-refractivity contribution in [1.29, 1.82) is 0 Å². The van der Waals surface area contributed by atoms with Crippen LogP contribution in [0.3, 0.4) is 0 Å². The zero-order valence-corrected chi connectivity index (χ0v) is 13.5. The van der Waals surface area contributed by atoms with E-state index in [9.17, 15) is 0 Å². The third kappa shape index (κ3) is 2.51. The lowest BCUT2D eigenvalue weighted by atomic mass is 10.3. The van der Waals surface area contributed by atoms with Gasteiger partial charge in [0.1, 0.15) is 0 Å². The van der Waals surface area contributed by atoms with Gasteiger partial charge < -0.3 is 0 Å². The Kier molecular flexibility index (Phi) is 4.26. The Labute approximate surface area is 133 Å². The second kappa shape index (κ2) is 6.50. The molecular weight excluding hydrogens is 280 g/mol. The van der Waals surface area contributed by atoms with E-state index in [0.717, 1.165) is 0 Å². The van der Waals surface area contributed by atoms with Crippen LogP contribution in [0, 0.1) is 6.04 Å². The fourth-order valence-electron chi connectivity index (χ4n) is 3.07. The van der Waals surface area contributed by atoms with E-state index in [1.807, 2.05) is 6.08 Å². The Morgan fingerprint density at radius 2 is 0.909 bits per heavy atom. The van der Waals surface area contributed by atoms with Crippen LogP contribution in [-0.4, -0.2) is 8.07 Å². The molecule has 0 aromatic heterocycles. The van der Waals surface area contributed by atoms with E-state index in [-0.39, 0.29) is 0 Å². The molecule has 0 N–H and O–H groups in total. The van der Waals surface area contributed by atoms with Gasteiger partial charge >= 0.3 is 0 Å². The predicted molar refractivity (Wildman–Crippen MR) is 98.5 cm³/mol. The molecule has 0 nitrogen and oxygen atoms in total. The standard InChI is InChI=1S/C21H19Si/c1-2-18-22(19-12-6-3-7-13-19,20-14-8-4-9-15-20)21-16-10-5-11-17-21/h2-18H,1H2/q-1. The van der Waals surface area contributed by atoms with Crippen LogP contribution in [0.15, 0.2) is 104 Å². The third-order valence-electron chi connectivity index (χ3n) is 4.06. The molecule has 0 fully saturated rings. The molecule has 22 heavy (non-hydrogen) atoms. The topological polar surface area (TPSA) is 0 Å². The number of hydrogen-bond donors (Lipinski definition) is 0. The minimum absolute atomic E-state index is 1.38. The van der Waals surface area contributed by atoms with Crippen LogP contribution < -0.4 is 15.6 Å². The lowest BCUT2D eigenvalue weighted by Crippen LogP contribution is -2.67. The summed E-state index contributed by atoms with van der Waals surface area (Å²) in [4.78, 5) is 0. The molecule has 0 saturated carbocycles. The highest BCUT2D eigenvalue weighted by atomic mass is 28.3. The van der Waals surface area contributed by atoms with Gasteiger partial charge in [0.05, 0.1) is 8.07 Å². The van der Waals surface area contributed by atoms with E-state index in [1.54, 1.807) is 0 Å². The summed E-state index contributed by atoms with van der Waals surface area (Å²) in [6, 6.07) is 34.8. The van der Waals surface area contributed by atoms with Crippen LogP contribution >= 0.6 is 0 Å². The molecule has 3 rings (SSSR count). The summed E-state index contributed by atoms with van der Waals surface area (Å²) in [5.41, 5.74) is 0. The van der Waals surface area contributed by atoms with E-state index < -0.39 is 8.07 Å². The fraction of sp³-hybridized carbons (Fsp3) is 0. The first-order valence-corrected chi connectivity index (χ1v) is 9.59. The van der Waals surface area contributed by atoms with Crippen LogP contribution in [0.4, 0.5) is 0 Å². The van der Waals surface area contributed by atoms with Crippen molar-refractivity contribution in [3.05, 3.63) is 110 Å². The monoisotopic (exact) mass is 299 g/mol. The molecule has 0 bridgehead atoms. The van der Waals surface area contributed by atoms with Gasteiger partial charge in [0.2, 0.25) is 0 Å². The van der Waals surface area contributed by atoms with Crippen LogP contribution in [0.5, 0.6) is 0 Å². The molecule has 0 heterocycles. The average molecular weight is 299 g/mol. The number of benzene rings is 3. The highest BCUT2D eigenvalue weighted by molar-refractivity contribution is 7.14. The van der Waals surface area contributed by atoms with Gasteiger partial charge in [-0.2, -0.15) is 0 Å². The smallest absolute Gasteiger partial charge is 0.0930 e. The quantitative estimate of drug-likeness (QED) is 0.386. The minimum atomic E-state index is -2.17. The molecule has 1 heteroatoms. The first-order chi connectivity index (χ1) is 10.9. The fourth-order valence-corrected chi connectivity index (χ4v) is 7.15. The molecule has 3 aromatic carbocycles. The van der Waals surface area contributed by atoms with Gasteiger partial charge in [-0.05, 0) is 0 Å². The molecule has 0 unspecified atom stereocenters. The first-order valence-electron chi connectivity index (χ1n) is 7.51. The van der Waals surface area contributed by atoms with Crippen LogP contribution in [-0.2, 0) is 0 Å². The zero-order valence-electron chi connectivity index (χ0n) is 12.5. The summed E-state index contributed by atoms with van der Waals surface area (Å²) >= 11 is 0. The summed E-state index contributed by atoms with van der Waals surface area (Å²) in [6.07, 6.45) is 1.96. The Morgan fingerprint density at radius 3 is 1.18 bits per heavy atom. The molecule has 3 aromatic rings. The summed E-state index contributed by atoms with van der Waals surface area (Å²) in [5, 5.41) is 4.15. The van der Waals surface area contributed by atoms with E-state index >= 15 is 0 Å². The molecule has 108 valence electrons. The number of rotatable bonds is 5. The summed E-state index contributed by atoms with van der Waals surface area (Å²) in [5.74, 6) is 0. The van der Waals surface area contributed by atoms with Crippen molar-refractivity contribution in [2.24, 2.45) is 0 Å². The molecule has 0 atom stereocenters. The Bertz CT molecular complexity index is 621. The van der Waals surface area contributed by atoms with Crippen LogP contribution in [0.25, 0.3) is 0 Å². The van der Waals surface area contributed by atoms with Crippen molar-refractivity contribution < 1.29 is 0 Å². The van der Waals surface area contributed by atoms with E-state index in [2.05, 4.69) is 104 Å². The maximum absolute atomic E-state index is 4.00. The lowest BCUT2D eigenvalue weighted by Gasteiger charge is -2.37. The molecular formula is C21H19Si-. The van der Waals surface area contributed by atoms with E-state index in [1.165, 1.54) is 15.6 Å². The summed E-state index contributed by atoms with van der Waals surface area (Å²) < 4.78 is 0. The molecule has 0 aliphatic heterocycles. The van der Waals surface area contributed by atoms with E-state index in [4.69, 9.17) is 0 Å². The van der Waals surface area contributed by atoms with E-state index in [0.29, 0.717) is 0 Å². The van der Waals surface area contributed by atoms with Crippen molar-refractivity contribution in [2.45, 2.75) is 0 Å². The van der Waals surface area contributed by atoms with Crippen molar-refractivity contribution in [3.8, 4) is 0 Å². The second-order valence-corrected chi connectivity index (χ2v) is 8.99. The van der Waals surface area contributed by atoms with Gasteiger partial charge in [-0.15, -0.1) is 0 Å². The van der Waals surface area contributed by atoms with Crippen LogP contribution in [0.2, 0.25) is 0 Å². The normalized spacial score (nSPS) is 10.9. The average Bonchev–Trinajstić information content (AvgIpc) is 2.62. The molecule has 0 radical (unpaired) electrons. The zero-order chi connectivity index (χ0) is 15.3. The van der Waals surface area contributed by atoms with Crippen molar-refractivity contribution in [1.82, 2.24) is 0 Å². The van der Waals surface area contributed by atoms with Gasteiger partial charge in [0.15, 0.2) is 0 Å². The number of allylic oxidation sites excluding steroid dienone is 1. The third-order valence-corrected chi connectivity index (χ3v) is 8.52. The van der Waals surface area contributed by atoms with Gasteiger partial charge in [-0.3, -0.25) is 0 Å². The van der Waals surface area contributed by atoms with Crippen molar-refractivity contribution >= 4 is 23.6 Å². The maximum atomic E-state index is 4.00. The predicted octanol–water partition coefficient (Wildman–Crippen LogP) is 3.09. The highest BCUT2D eigenvalue weighted by Crippen LogP contribution is 2.11. The van der Waals surface area contributed by atoms with Gasteiger partial charge in [0, 0.05) is 0 Å². The SMILES string of the molecule is C=C[CH-][Si](c1ccccc1)(c1ccccc1)c1ccccc1. The van der Waals surface area contributed by atoms with Gasteiger partial charge in [0.25, 0.3) is 0 Å². The highest BCUT2D eigenvalue weighted by Gasteiger charge is 2.32. The number of hydrogen-bond acceptors (Lipinski definition) is 0. The maximum Gasteiger partial charge on any atom is 0.0930 e. The first kappa shape index (κ1) is 14.4. The molecule has 0 spiro atoms. The van der Waals surface area contributed by atoms with Crippen molar-refractivity contribution in [3.63, 3.8) is 0 Å². The van der Waals surface area contributed by atoms with Gasteiger partial charge in [-0.1, -0.05) is 107 Å². The Balaban J connectivity index is 2.31. The Morgan fingerprint density at radius 1 is 0.591 bits per heavy atom. The van der Waals surface area contributed by atoms with Gasteiger partial charge in [-0.25, -0.2) is 18.7 Å². The second-order valence-electron chi connectivity index (χ2n) is 5.31. The summed E-state index contributed by atoms with van der Waals surface area (Å²) in [6.45, 7) is 4.00. The molecule has 0 saturated heterocycles. The van der Waals surface area contributed by atoms with Crippen molar-refractivity contribution in [2.75, 3.05) is 0 Å². The lowest BCUT2D eigenvalue weighted by molar-refractivity contribution is 1.66. The van der Waals surface area contributed by atoms with Crippen LogP contribution in [0.1, 0.15) is 0 Å². The molecule has 0 amide bonds. The Hall–Kier alpha value is -2.51. The molecule has 0 aliphatic rings. The summed E-state index contributed by atoms with van der Waals surface area (Å²) in [7, 11) is -2.17. The molecule has 0 aliphatic carbocycles. The minimum Gasteiger partial charge on any atom is -0.245 e. The largest absolute Gasteiger partial charge is 0.245 e.